The zero-order valence-electron chi connectivity index (χ0n) is 13.7. The van der Waals surface area contributed by atoms with Gasteiger partial charge in [0.15, 0.2) is 6.61 Å². The highest BCUT2D eigenvalue weighted by atomic mass is 16.6. The number of oxime groups is 1. The van der Waals surface area contributed by atoms with Gasteiger partial charge >= 0.3 is 0 Å². The highest BCUT2D eigenvalue weighted by Gasteiger charge is 2.12. The highest BCUT2D eigenvalue weighted by Crippen LogP contribution is 2.21. The Morgan fingerprint density at radius 2 is 2.00 bits per heavy atom. The lowest BCUT2D eigenvalue weighted by molar-refractivity contribution is -0.125. The fourth-order valence-electron chi connectivity index (χ4n) is 1.91. The van der Waals surface area contributed by atoms with Gasteiger partial charge in [-0.25, -0.2) is 0 Å². The van der Waals surface area contributed by atoms with E-state index in [0.717, 1.165) is 5.56 Å². The van der Waals surface area contributed by atoms with Crippen molar-refractivity contribution in [3.8, 4) is 0 Å². The third kappa shape index (κ3) is 5.62. The molecule has 0 radical (unpaired) electrons. The molecule has 0 atom stereocenters. The van der Waals surface area contributed by atoms with E-state index in [4.69, 9.17) is 9.25 Å². The average Bonchev–Trinajstić information content (AvgIpc) is 3.02. The maximum Gasteiger partial charge on any atom is 0.261 e. The number of furan rings is 1. The Bertz CT molecular complexity index is 638. The molecule has 0 aliphatic carbocycles. The van der Waals surface area contributed by atoms with Crippen LogP contribution in [0.3, 0.4) is 0 Å². The number of carbonyl (C=O) groups is 1. The van der Waals surface area contributed by atoms with Gasteiger partial charge in [-0.3, -0.25) is 4.79 Å². The number of nitrogens with one attached hydrogen (secondary N) is 1. The molecule has 5 heteroatoms. The van der Waals surface area contributed by atoms with Gasteiger partial charge in [0.1, 0.15) is 5.76 Å². The normalized spacial score (nSPS) is 11.6. The maximum atomic E-state index is 11.6. The molecule has 0 saturated carbocycles. The summed E-state index contributed by atoms with van der Waals surface area (Å²) in [5.41, 5.74) is 2.31. The smallest absolute Gasteiger partial charge is 0.261 e. The van der Waals surface area contributed by atoms with Crippen molar-refractivity contribution in [1.29, 1.82) is 0 Å². The predicted molar refractivity (Wildman–Crippen MR) is 89.2 cm³/mol. The van der Waals surface area contributed by atoms with Crippen molar-refractivity contribution >= 4 is 12.1 Å². The van der Waals surface area contributed by atoms with Gasteiger partial charge in [-0.05, 0) is 28.7 Å². The first-order valence-corrected chi connectivity index (χ1v) is 7.50. The van der Waals surface area contributed by atoms with Crippen LogP contribution in [0.4, 0.5) is 0 Å². The predicted octanol–water partition coefficient (Wildman–Crippen LogP) is 3.24. The molecule has 1 heterocycles. The lowest BCUT2D eigenvalue weighted by Gasteiger charge is -2.18. The summed E-state index contributed by atoms with van der Waals surface area (Å²) in [6.07, 6.45) is 3.15. The lowest BCUT2D eigenvalue weighted by Crippen LogP contribution is -2.26. The number of rotatable bonds is 6. The summed E-state index contributed by atoms with van der Waals surface area (Å²) in [5.74, 6) is 0.447. The van der Waals surface area contributed by atoms with Crippen LogP contribution in [0.15, 0.2) is 52.2 Å². The molecule has 0 fully saturated rings. The molecule has 1 amide bonds. The number of benzene rings is 1. The molecule has 1 aromatic carbocycles. The molecular weight excluding hydrogens is 292 g/mol. The Morgan fingerprint density at radius 3 is 2.61 bits per heavy atom. The van der Waals surface area contributed by atoms with Crippen molar-refractivity contribution in [2.24, 2.45) is 5.16 Å². The van der Waals surface area contributed by atoms with Crippen LogP contribution in [0.1, 0.15) is 37.7 Å². The molecule has 23 heavy (non-hydrogen) atoms. The van der Waals surface area contributed by atoms with E-state index in [1.807, 2.05) is 12.1 Å². The summed E-state index contributed by atoms with van der Waals surface area (Å²) < 4.78 is 5.12. The van der Waals surface area contributed by atoms with Gasteiger partial charge in [0, 0.05) is 0 Å². The monoisotopic (exact) mass is 314 g/mol. The van der Waals surface area contributed by atoms with Crippen molar-refractivity contribution in [3.05, 3.63) is 59.5 Å². The van der Waals surface area contributed by atoms with E-state index in [2.05, 4.69) is 43.4 Å². The van der Waals surface area contributed by atoms with Crippen LogP contribution < -0.4 is 5.32 Å². The second kappa shape index (κ2) is 7.63. The first-order valence-electron chi connectivity index (χ1n) is 7.50. The molecule has 0 bridgehead atoms. The minimum absolute atomic E-state index is 0.123. The van der Waals surface area contributed by atoms with Crippen LogP contribution in [-0.2, 0) is 21.6 Å². The molecule has 0 saturated heterocycles. The van der Waals surface area contributed by atoms with E-state index in [9.17, 15) is 4.79 Å². The molecule has 1 N–H and O–H groups in total. The number of carbonyl (C=O) groups excluding carboxylic acids is 1. The maximum absolute atomic E-state index is 11.6. The van der Waals surface area contributed by atoms with E-state index in [1.165, 1.54) is 5.56 Å². The molecule has 122 valence electrons. The first kappa shape index (κ1) is 16.8. The second-order valence-corrected chi connectivity index (χ2v) is 6.24. The topological polar surface area (TPSA) is 63.8 Å². The lowest BCUT2D eigenvalue weighted by atomic mass is 9.87. The zero-order valence-corrected chi connectivity index (χ0v) is 13.7. The van der Waals surface area contributed by atoms with Crippen LogP contribution >= 0.6 is 0 Å². The summed E-state index contributed by atoms with van der Waals surface area (Å²) in [6.45, 7) is 6.71. The van der Waals surface area contributed by atoms with E-state index in [1.54, 1.807) is 24.6 Å². The van der Waals surface area contributed by atoms with Crippen LogP contribution in [-0.4, -0.2) is 18.7 Å². The van der Waals surface area contributed by atoms with Crippen LogP contribution in [0.25, 0.3) is 0 Å². The van der Waals surface area contributed by atoms with Crippen molar-refractivity contribution < 1.29 is 14.0 Å². The molecule has 0 spiro atoms. The second-order valence-electron chi connectivity index (χ2n) is 6.24. The van der Waals surface area contributed by atoms with Gasteiger partial charge in [0.25, 0.3) is 5.91 Å². The Balaban J connectivity index is 1.72. The number of hydrogen-bond donors (Lipinski definition) is 1. The van der Waals surface area contributed by atoms with Crippen molar-refractivity contribution in [1.82, 2.24) is 5.32 Å². The molecule has 2 aromatic rings. The van der Waals surface area contributed by atoms with Crippen LogP contribution in [0.5, 0.6) is 0 Å². The summed E-state index contributed by atoms with van der Waals surface area (Å²) in [5, 5.41) is 6.49. The van der Waals surface area contributed by atoms with Gasteiger partial charge in [-0.2, -0.15) is 0 Å². The summed E-state index contributed by atoms with van der Waals surface area (Å²) in [7, 11) is 0. The van der Waals surface area contributed by atoms with E-state index in [0.29, 0.717) is 12.3 Å². The van der Waals surface area contributed by atoms with Crippen LogP contribution in [0.2, 0.25) is 0 Å². The third-order valence-electron chi connectivity index (χ3n) is 3.29. The molecule has 5 nitrogen and oxygen atoms in total. The average molecular weight is 314 g/mol. The van der Waals surface area contributed by atoms with E-state index in [-0.39, 0.29) is 17.9 Å². The fraction of sp³-hybridized carbons (Fsp3) is 0.333. The first-order chi connectivity index (χ1) is 10.9. The molecule has 2 rings (SSSR count). The van der Waals surface area contributed by atoms with Gasteiger partial charge in [0.2, 0.25) is 0 Å². The minimum Gasteiger partial charge on any atom is -0.467 e. The van der Waals surface area contributed by atoms with Gasteiger partial charge in [-0.1, -0.05) is 50.2 Å². The van der Waals surface area contributed by atoms with Gasteiger partial charge < -0.3 is 14.6 Å². The third-order valence-corrected chi connectivity index (χ3v) is 3.29. The quantitative estimate of drug-likeness (QED) is 0.657. The number of amides is 1. The molecule has 0 unspecified atom stereocenters. The van der Waals surface area contributed by atoms with Crippen molar-refractivity contribution in [2.75, 3.05) is 6.61 Å². The standard InChI is InChI=1S/C18H22N2O3/c1-18(2,3)15-8-6-14(7-9-15)11-20-23-13-17(21)19-12-16-5-4-10-22-16/h4-11H,12-13H2,1-3H3,(H,19,21)/b20-11-. The highest BCUT2D eigenvalue weighted by molar-refractivity contribution is 5.79. The number of hydrogen-bond acceptors (Lipinski definition) is 4. The Kier molecular flexibility index (Phi) is 5.57. The fourth-order valence-corrected chi connectivity index (χ4v) is 1.91. The van der Waals surface area contributed by atoms with Gasteiger partial charge in [0.05, 0.1) is 19.0 Å². The van der Waals surface area contributed by atoms with Crippen molar-refractivity contribution in [3.63, 3.8) is 0 Å². The molecular formula is C18H22N2O3. The van der Waals surface area contributed by atoms with Crippen molar-refractivity contribution in [2.45, 2.75) is 32.7 Å². The van der Waals surface area contributed by atoms with E-state index < -0.39 is 0 Å². The summed E-state index contributed by atoms with van der Waals surface area (Å²) in [6, 6.07) is 11.7. The SMILES string of the molecule is CC(C)(C)c1ccc(/C=N\OCC(=O)NCc2ccco2)cc1. The van der Waals surface area contributed by atoms with Gasteiger partial charge in [-0.15, -0.1) is 0 Å². The molecule has 0 aliphatic heterocycles. The summed E-state index contributed by atoms with van der Waals surface area (Å²) in [4.78, 5) is 16.5. The Hall–Kier alpha value is -2.56. The number of nitrogens with zero attached hydrogens (tertiary/aromatic N) is 1. The van der Waals surface area contributed by atoms with Crippen LogP contribution in [0, 0.1) is 0 Å². The Labute approximate surface area is 136 Å². The van der Waals surface area contributed by atoms with E-state index >= 15 is 0 Å². The summed E-state index contributed by atoms with van der Waals surface area (Å²) >= 11 is 0. The minimum atomic E-state index is -0.248. The molecule has 0 aliphatic rings. The molecule has 1 aromatic heterocycles. The zero-order chi connectivity index (χ0) is 16.7. The largest absolute Gasteiger partial charge is 0.467 e. The Morgan fingerprint density at radius 1 is 1.26 bits per heavy atom.